The van der Waals surface area contributed by atoms with E-state index < -0.39 is 5.54 Å². The number of benzene rings is 2. The average Bonchev–Trinajstić information content (AvgIpc) is 3.16. The van der Waals surface area contributed by atoms with Crippen LogP contribution in [0, 0.1) is 13.8 Å². The summed E-state index contributed by atoms with van der Waals surface area (Å²) in [6.07, 6.45) is 1.88. The fraction of sp³-hybridized carbons (Fsp3) is 0.346. The molecule has 1 aromatic heterocycles. The molecule has 2 aromatic carbocycles. The van der Waals surface area contributed by atoms with Gasteiger partial charge in [0.1, 0.15) is 6.54 Å². The van der Waals surface area contributed by atoms with Crippen molar-refractivity contribution in [2.24, 2.45) is 0 Å². The first-order chi connectivity index (χ1) is 16.0. The van der Waals surface area contributed by atoms with Crippen LogP contribution in [0.4, 0.5) is 10.7 Å². The Hall–Kier alpha value is -3.32. The number of aromatic nitrogens is 2. The summed E-state index contributed by atoms with van der Waals surface area (Å²) in [7, 11) is 0. The molecule has 0 unspecified atom stereocenters. The van der Waals surface area contributed by atoms with Gasteiger partial charge in [-0.05, 0) is 76.9 Å². The zero-order valence-corrected chi connectivity index (χ0v) is 21.3. The van der Waals surface area contributed by atoms with Gasteiger partial charge in [-0.15, -0.1) is 0 Å². The second kappa shape index (κ2) is 10.3. The molecule has 0 radical (unpaired) electrons. The lowest BCUT2D eigenvalue weighted by Crippen LogP contribution is -2.50. The Kier molecular flexibility index (Phi) is 7.67. The first-order valence-electron chi connectivity index (χ1n) is 11.3. The number of rotatable bonds is 6. The summed E-state index contributed by atoms with van der Waals surface area (Å²) in [5, 5.41) is 6.42. The van der Waals surface area contributed by atoms with Crippen molar-refractivity contribution in [3.8, 4) is 16.9 Å². The zero-order chi connectivity index (χ0) is 25.0. The summed E-state index contributed by atoms with van der Waals surface area (Å²) in [5.74, 6) is 0.0507. The van der Waals surface area contributed by atoms with Gasteiger partial charge in [0.25, 0.3) is 0 Å². The van der Waals surface area contributed by atoms with E-state index in [0.717, 1.165) is 16.8 Å². The van der Waals surface area contributed by atoms with E-state index in [4.69, 9.17) is 11.6 Å². The largest absolute Gasteiger partial charge is 0.333 e. The fourth-order valence-electron chi connectivity index (χ4n) is 3.37. The predicted octanol–water partition coefficient (Wildman–Crippen LogP) is 5.58. The van der Waals surface area contributed by atoms with Crippen LogP contribution in [0.2, 0.25) is 5.02 Å². The van der Waals surface area contributed by atoms with Crippen molar-refractivity contribution < 1.29 is 9.59 Å². The van der Waals surface area contributed by atoms with Crippen molar-refractivity contribution in [3.05, 3.63) is 64.8 Å². The smallest absolute Gasteiger partial charge is 0.318 e. The molecule has 34 heavy (non-hydrogen) atoms. The summed E-state index contributed by atoms with van der Waals surface area (Å²) in [4.78, 5) is 31.6. The van der Waals surface area contributed by atoms with Gasteiger partial charge >= 0.3 is 6.03 Å². The van der Waals surface area contributed by atoms with Crippen LogP contribution in [0.1, 0.15) is 38.8 Å². The summed E-state index contributed by atoms with van der Waals surface area (Å²) in [5.41, 5.74) is 4.37. The minimum atomic E-state index is -0.395. The third-order valence-corrected chi connectivity index (χ3v) is 5.60. The summed E-state index contributed by atoms with van der Waals surface area (Å²) in [6, 6.07) is 13.2. The predicted molar refractivity (Wildman–Crippen MR) is 138 cm³/mol. The van der Waals surface area contributed by atoms with Crippen molar-refractivity contribution in [2.75, 3.05) is 18.4 Å². The lowest BCUT2D eigenvalue weighted by atomic mass is 10.1. The highest BCUT2D eigenvalue weighted by Gasteiger charge is 2.22. The summed E-state index contributed by atoms with van der Waals surface area (Å²) >= 11 is 6.04. The molecule has 0 bridgehead atoms. The quantitative estimate of drug-likeness (QED) is 0.482. The molecule has 0 fully saturated rings. The van der Waals surface area contributed by atoms with Crippen LogP contribution in [0.15, 0.2) is 48.7 Å². The lowest BCUT2D eigenvalue weighted by Gasteiger charge is -2.27. The van der Waals surface area contributed by atoms with Gasteiger partial charge < -0.3 is 10.2 Å². The van der Waals surface area contributed by atoms with Gasteiger partial charge in [-0.1, -0.05) is 29.8 Å². The van der Waals surface area contributed by atoms with Gasteiger partial charge in [-0.3, -0.25) is 14.7 Å². The lowest BCUT2D eigenvalue weighted by molar-refractivity contribution is -0.116. The third kappa shape index (κ3) is 6.38. The Morgan fingerprint density at radius 2 is 1.74 bits per heavy atom. The van der Waals surface area contributed by atoms with E-state index in [2.05, 4.69) is 22.5 Å². The van der Waals surface area contributed by atoms with Gasteiger partial charge in [0, 0.05) is 34.6 Å². The van der Waals surface area contributed by atoms with Gasteiger partial charge in [-0.25, -0.2) is 9.78 Å². The van der Waals surface area contributed by atoms with Crippen molar-refractivity contribution in [1.29, 1.82) is 0 Å². The maximum absolute atomic E-state index is 12.9. The second-order valence-corrected chi connectivity index (χ2v) is 9.77. The summed E-state index contributed by atoms with van der Waals surface area (Å²) < 4.78 is 1.85. The van der Waals surface area contributed by atoms with Crippen LogP contribution in [0.5, 0.6) is 0 Å². The Bertz CT molecular complexity index is 1180. The molecule has 0 atom stereocenters. The Balaban J connectivity index is 1.90. The standard InChI is InChI=1S/C26H32ClN5O2/c1-7-31(25(34)30-26(4,5)6)16-23(33)29-24-28-22(19-9-11-20(27)12-10-19)15-32(24)21-13-8-17(2)18(3)14-21/h8-15H,7,16H2,1-6H3,(H,30,34)(H,28,29,33). The van der Waals surface area contributed by atoms with Crippen LogP contribution in [-0.4, -0.2) is 45.0 Å². The molecule has 1 heterocycles. The molecular formula is C26H32ClN5O2. The van der Waals surface area contributed by atoms with E-state index in [1.165, 1.54) is 10.5 Å². The molecule has 0 saturated carbocycles. The number of likely N-dealkylation sites (N-methyl/N-ethyl adjacent to an activating group) is 1. The topological polar surface area (TPSA) is 79.3 Å². The molecule has 8 heteroatoms. The van der Waals surface area contributed by atoms with Gasteiger partial charge in [0.05, 0.1) is 5.69 Å². The number of hydrogen-bond acceptors (Lipinski definition) is 3. The maximum Gasteiger partial charge on any atom is 0.318 e. The SMILES string of the molecule is CCN(CC(=O)Nc1nc(-c2ccc(Cl)cc2)cn1-c1ccc(C)c(C)c1)C(=O)NC(C)(C)C. The Labute approximate surface area is 206 Å². The van der Waals surface area contributed by atoms with E-state index in [1.54, 1.807) is 12.1 Å². The molecular weight excluding hydrogens is 450 g/mol. The molecule has 7 nitrogen and oxygen atoms in total. The Morgan fingerprint density at radius 1 is 1.06 bits per heavy atom. The fourth-order valence-corrected chi connectivity index (χ4v) is 3.49. The van der Waals surface area contributed by atoms with Crippen LogP contribution in [-0.2, 0) is 4.79 Å². The highest BCUT2D eigenvalue weighted by Crippen LogP contribution is 2.26. The number of hydrogen-bond donors (Lipinski definition) is 2. The van der Waals surface area contributed by atoms with E-state index in [0.29, 0.717) is 23.2 Å². The van der Waals surface area contributed by atoms with Crippen LogP contribution in [0.25, 0.3) is 16.9 Å². The average molecular weight is 482 g/mol. The molecule has 3 rings (SSSR count). The van der Waals surface area contributed by atoms with Gasteiger partial charge in [0.15, 0.2) is 0 Å². The number of nitrogens with one attached hydrogen (secondary N) is 2. The van der Waals surface area contributed by atoms with Gasteiger partial charge in [0.2, 0.25) is 11.9 Å². The van der Waals surface area contributed by atoms with Crippen LogP contribution in [0.3, 0.4) is 0 Å². The van der Waals surface area contributed by atoms with E-state index >= 15 is 0 Å². The molecule has 0 spiro atoms. The normalized spacial score (nSPS) is 11.3. The molecule has 0 aliphatic carbocycles. The number of urea groups is 1. The third-order valence-electron chi connectivity index (χ3n) is 5.35. The molecule has 2 N–H and O–H groups in total. The van der Waals surface area contributed by atoms with Crippen molar-refractivity contribution >= 4 is 29.5 Å². The highest BCUT2D eigenvalue weighted by molar-refractivity contribution is 6.30. The van der Waals surface area contributed by atoms with Crippen LogP contribution >= 0.6 is 11.6 Å². The summed E-state index contributed by atoms with van der Waals surface area (Å²) in [6.45, 7) is 11.9. The molecule has 0 saturated heterocycles. The minimum absolute atomic E-state index is 0.0888. The van der Waals surface area contributed by atoms with E-state index in [-0.39, 0.29) is 18.5 Å². The number of carbonyl (C=O) groups excluding carboxylic acids is 2. The number of aryl methyl sites for hydroxylation is 2. The number of nitrogens with zero attached hydrogens (tertiary/aromatic N) is 3. The van der Waals surface area contributed by atoms with E-state index in [9.17, 15) is 9.59 Å². The monoisotopic (exact) mass is 481 g/mol. The number of imidazole rings is 1. The van der Waals surface area contributed by atoms with E-state index in [1.807, 2.05) is 75.7 Å². The molecule has 0 aliphatic heterocycles. The van der Waals surface area contributed by atoms with Crippen molar-refractivity contribution in [3.63, 3.8) is 0 Å². The first-order valence-corrected chi connectivity index (χ1v) is 11.6. The number of halogens is 1. The first kappa shape index (κ1) is 25.3. The number of anilines is 1. The molecule has 3 aromatic rings. The minimum Gasteiger partial charge on any atom is -0.333 e. The number of carbonyl (C=O) groups is 2. The van der Waals surface area contributed by atoms with Gasteiger partial charge in [-0.2, -0.15) is 0 Å². The Morgan fingerprint density at radius 3 is 2.32 bits per heavy atom. The maximum atomic E-state index is 12.9. The van der Waals surface area contributed by atoms with Crippen molar-refractivity contribution in [1.82, 2.24) is 19.8 Å². The zero-order valence-electron chi connectivity index (χ0n) is 20.6. The second-order valence-electron chi connectivity index (χ2n) is 9.34. The van der Waals surface area contributed by atoms with Crippen LogP contribution < -0.4 is 10.6 Å². The van der Waals surface area contributed by atoms with Crippen molar-refractivity contribution in [2.45, 2.75) is 47.1 Å². The molecule has 0 aliphatic rings. The number of amides is 3. The highest BCUT2D eigenvalue weighted by atomic mass is 35.5. The molecule has 3 amide bonds. The molecule has 180 valence electrons.